The molecule has 0 atom stereocenters. The first kappa shape index (κ1) is 21.3. The van der Waals surface area contributed by atoms with Crippen molar-refractivity contribution < 1.29 is 0 Å². The molecule has 6 rings (SSSR count). The van der Waals surface area contributed by atoms with Crippen molar-refractivity contribution in [2.45, 2.75) is 13.8 Å². The number of rotatable bonds is 6. The molecular formula is C28H24N6S. The minimum absolute atomic E-state index is 0.342. The van der Waals surface area contributed by atoms with Gasteiger partial charge >= 0.3 is 0 Å². The molecule has 5 aromatic heterocycles. The fourth-order valence-electron chi connectivity index (χ4n) is 4.22. The van der Waals surface area contributed by atoms with E-state index in [2.05, 4.69) is 104 Å². The first-order chi connectivity index (χ1) is 17.1. The van der Waals surface area contributed by atoms with Gasteiger partial charge in [0.2, 0.25) is 0 Å². The standard InChI is InChI=1S/C28H24N6S/c1-16(2)17(3)31-21-10-20(13-29-14-21)18-4-5-25-24(11-18)27(34-33-25)26-12-23-22(19-7-9-35-15-19)6-8-30-28(23)32-26/h4-16,31H,3H2,1-2H3,(H,30,32)(H,33,34). The SMILES string of the molecule is C=C(Nc1cncc(-c2ccc3[nH]nc(-c4cc5c(-c6ccsc6)ccnc5[nH]4)c3c2)c1)C(C)C. The van der Waals surface area contributed by atoms with Gasteiger partial charge in [-0.05, 0) is 69.8 Å². The van der Waals surface area contributed by atoms with Crippen molar-refractivity contribution in [3.8, 4) is 33.6 Å². The van der Waals surface area contributed by atoms with Crippen LogP contribution < -0.4 is 5.32 Å². The van der Waals surface area contributed by atoms with E-state index in [1.807, 2.05) is 18.6 Å². The summed E-state index contributed by atoms with van der Waals surface area (Å²) < 4.78 is 0. The average molecular weight is 477 g/mol. The third-order valence-electron chi connectivity index (χ3n) is 6.26. The van der Waals surface area contributed by atoms with E-state index in [1.54, 1.807) is 11.3 Å². The molecule has 0 fully saturated rings. The van der Waals surface area contributed by atoms with Crippen molar-refractivity contribution in [1.82, 2.24) is 25.1 Å². The molecule has 0 saturated heterocycles. The van der Waals surface area contributed by atoms with Crippen LogP contribution in [0.25, 0.3) is 55.6 Å². The maximum atomic E-state index is 4.64. The lowest BCUT2D eigenvalue weighted by molar-refractivity contribution is 0.778. The van der Waals surface area contributed by atoms with Crippen LogP contribution in [0, 0.1) is 5.92 Å². The summed E-state index contributed by atoms with van der Waals surface area (Å²) >= 11 is 1.69. The molecule has 0 aliphatic rings. The summed E-state index contributed by atoms with van der Waals surface area (Å²) in [6.45, 7) is 8.34. The molecule has 6 aromatic rings. The van der Waals surface area contributed by atoms with Gasteiger partial charge in [0, 0.05) is 34.4 Å². The monoisotopic (exact) mass is 476 g/mol. The molecule has 172 valence electrons. The zero-order valence-corrected chi connectivity index (χ0v) is 20.3. The van der Waals surface area contributed by atoms with Gasteiger partial charge in [-0.2, -0.15) is 16.4 Å². The van der Waals surface area contributed by atoms with E-state index < -0.39 is 0 Å². The molecule has 7 heteroatoms. The van der Waals surface area contributed by atoms with Crippen LogP contribution >= 0.6 is 11.3 Å². The number of aromatic nitrogens is 5. The molecule has 6 nitrogen and oxygen atoms in total. The van der Waals surface area contributed by atoms with Crippen LogP contribution in [-0.2, 0) is 0 Å². The van der Waals surface area contributed by atoms with E-state index in [0.29, 0.717) is 5.92 Å². The number of allylic oxidation sites excluding steroid dienone is 1. The lowest BCUT2D eigenvalue weighted by Crippen LogP contribution is -2.04. The van der Waals surface area contributed by atoms with E-state index in [1.165, 1.54) is 5.56 Å². The van der Waals surface area contributed by atoms with Crippen LogP contribution in [0.2, 0.25) is 0 Å². The van der Waals surface area contributed by atoms with Crippen LogP contribution in [0.15, 0.2) is 84.1 Å². The van der Waals surface area contributed by atoms with Crippen LogP contribution in [0.3, 0.4) is 0 Å². The van der Waals surface area contributed by atoms with Gasteiger partial charge in [-0.15, -0.1) is 0 Å². The Morgan fingerprint density at radius 2 is 1.91 bits per heavy atom. The van der Waals surface area contributed by atoms with Crippen LogP contribution in [0.5, 0.6) is 0 Å². The van der Waals surface area contributed by atoms with Gasteiger partial charge in [-0.3, -0.25) is 10.1 Å². The predicted octanol–water partition coefficient (Wildman–Crippen LogP) is 7.48. The lowest BCUT2D eigenvalue weighted by Gasteiger charge is -2.13. The van der Waals surface area contributed by atoms with E-state index in [0.717, 1.165) is 61.4 Å². The number of aromatic amines is 2. The summed E-state index contributed by atoms with van der Waals surface area (Å²) in [5, 5.41) is 17.6. The van der Waals surface area contributed by atoms with Crippen LogP contribution in [-0.4, -0.2) is 25.1 Å². The topological polar surface area (TPSA) is 82.3 Å². The molecule has 0 radical (unpaired) electrons. The zero-order valence-electron chi connectivity index (χ0n) is 19.5. The maximum absolute atomic E-state index is 4.64. The predicted molar refractivity (Wildman–Crippen MR) is 145 cm³/mol. The summed E-state index contributed by atoms with van der Waals surface area (Å²) in [5.74, 6) is 0.342. The van der Waals surface area contributed by atoms with Gasteiger partial charge in [0.05, 0.1) is 23.1 Å². The van der Waals surface area contributed by atoms with Gasteiger partial charge in [-0.1, -0.05) is 26.5 Å². The molecule has 1 aromatic carbocycles. The van der Waals surface area contributed by atoms with E-state index in [9.17, 15) is 0 Å². The van der Waals surface area contributed by atoms with E-state index in [4.69, 9.17) is 0 Å². The molecule has 0 amide bonds. The Kier molecular flexibility index (Phi) is 5.19. The highest BCUT2D eigenvalue weighted by Crippen LogP contribution is 2.35. The number of thiophene rings is 1. The maximum Gasteiger partial charge on any atom is 0.138 e. The Morgan fingerprint density at radius 1 is 1.00 bits per heavy atom. The molecule has 0 aliphatic heterocycles. The second kappa shape index (κ2) is 8.52. The summed E-state index contributed by atoms with van der Waals surface area (Å²) in [6.07, 6.45) is 5.55. The highest BCUT2D eigenvalue weighted by Gasteiger charge is 2.15. The van der Waals surface area contributed by atoms with Crippen LogP contribution in [0.4, 0.5) is 5.69 Å². The van der Waals surface area contributed by atoms with Crippen molar-refractivity contribution >= 4 is 39.0 Å². The van der Waals surface area contributed by atoms with Gasteiger partial charge in [0.15, 0.2) is 0 Å². The van der Waals surface area contributed by atoms with E-state index in [-0.39, 0.29) is 0 Å². The van der Waals surface area contributed by atoms with Crippen molar-refractivity contribution in [3.05, 3.63) is 84.1 Å². The second-order valence-electron chi connectivity index (χ2n) is 8.92. The average Bonchev–Trinajstić information content (AvgIpc) is 3.62. The Hall–Kier alpha value is -4.23. The highest BCUT2D eigenvalue weighted by molar-refractivity contribution is 7.08. The van der Waals surface area contributed by atoms with Gasteiger partial charge < -0.3 is 10.3 Å². The molecule has 0 aliphatic carbocycles. The molecule has 35 heavy (non-hydrogen) atoms. The first-order valence-electron chi connectivity index (χ1n) is 11.5. The van der Waals surface area contributed by atoms with Gasteiger partial charge in [0.25, 0.3) is 0 Å². The highest BCUT2D eigenvalue weighted by atomic mass is 32.1. The Morgan fingerprint density at radius 3 is 2.74 bits per heavy atom. The van der Waals surface area contributed by atoms with Crippen molar-refractivity contribution in [2.24, 2.45) is 5.92 Å². The Balaban J connectivity index is 1.41. The zero-order chi connectivity index (χ0) is 23.9. The normalized spacial score (nSPS) is 11.5. The number of hydrogen-bond acceptors (Lipinski definition) is 5. The number of nitrogens with one attached hydrogen (secondary N) is 3. The largest absolute Gasteiger partial charge is 0.358 e. The van der Waals surface area contributed by atoms with Crippen LogP contribution in [0.1, 0.15) is 13.8 Å². The third kappa shape index (κ3) is 3.90. The molecule has 0 bridgehead atoms. The Labute approximate surface area is 206 Å². The molecule has 0 saturated carbocycles. The lowest BCUT2D eigenvalue weighted by atomic mass is 10.0. The molecule has 0 unspecified atom stereocenters. The second-order valence-corrected chi connectivity index (χ2v) is 9.70. The van der Waals surface area contributed by atoms with Crippen molar-refractivity contribution in [3.63, 3.8) is 0 Å². The number of H-pyrrole nitrogens is 2. The fourth-order valence-corrected chi connectivity index (χ4v) is 4.87. The first-order valence-corrected chi connectivity index (χ1v) is 12.4. The number of fused-ring (bicyclic) bond motifs is 2. The van der Waals surface area contributed by atoms with Gasteiger partial charge in [0.1, 0.15) is 11.3 Å². The molecule has 3 N–H and O–H groups in total. The molecule has 5 heterocycles. The fraction of sp³-hybridized carbons (Fsp3) is 0.107. The smallest absolute Gasteiger partial charge is 0.138 e. The summed E-state index contributed by atoms with van der Waals surface area (Å²) in [6, 6.07) is 14.7. The molecular weight excluding hydrogens is 452 g/mol. The van der Waals surface area contributed by atoms with Crippen molar-refractivity contribution in [1.29, 1.82) is 0 Å². The Bertz CT molecular complexity index is 1670. The number of hydrogen-bond donors (Lipinski definition) is 3. The summed E-state index contributed by atoms with van der Waals surface area (Å²) in [4.78, 5) is 12.5. The van der Waals surface area contributed by atoms with Gasteiger partial charge in [-0.25, -0.2) is 4.98 Å². The quantitative estimate of drug-likeness (QED) is 0.233. The van der Waals surface area contributed by atoms with Crippen molar-refractivity contribution in [2.75, 3.05) is 5.32 Å². The third-order valence-corrected chi connectivity index (χ3v) is 6.94. The number of benzene rings is 1. The number of pyridine rings is 2. The minimum Gasteiger partial charge on any atom is -0.358 e. The number of nitrogens with zero attached hydrogens (tertiary/aromatic N) is 3. The minimum atomic E-state index is 0.342. The molecule has 0 spiro atoms. The number of anilines is 1. The summed E-state index contributed by atoms with van der Waals surface area (Å²) in [5.41, 5.74) is 9.97. The van der Waals surface area contributed by atoms with E-state index >= 15 is 0 Å². The summed E-state index contributed by atoms with van der Waals surface area (Å²) in [7, 11) is 0.